The van der Waals surface area contributed by atoms with Gasteiger partial charge < -0.3 is 219 Å². The summed E-state index contributed by atoms with van der Waals surface area (Å²) in [5.74, 6) is -1.88. The van der Waals surface area contributed by atoms with Crippen molar-refractivity contribution in [2.24, 2.45) is 0 Å². The monoisotopic (exact) mass is 1530 g/mol. The number of hydrogen-bond donors (Lipinski definition) is 27. The Kier molecular flexibility index (Phi) is 30.0. The van der Waals surface area contributed by atoms with E-state index in [-0.39, 0.29) is 0 Å². The smallest absolute Gasteiger partial charge is 0.217 e. The van der Waals surface area contributed by atoms with Gasteiger partial charge in [-0.15, -0.1) is 0 Å². The molecule has 104 heavy (non-hydrogen) atoms. The van der Waals surface area contributed by atoms with Crippen LogP contribution in [-0.2, 0) is 90.1 Å². The van der Waals surface area contributed by atoms with Gasteiger partial charge in [0.1, 0.15) is 207 Å². The van der Waals surface area contributed by atoms with Gasteiger partial charge in [-0.3, -0.25) is 9.59 Å². The third-order valence-corrected chi connectivity index (χ3v) is 19.5. The molecule has 9 fully saturated rings. The summed E-state index contributed by atoms with van der Waals surface area (Å²) in [6.45, 7) is -2.89. The molecule has 0 radical (unpaired) electrons. The molecule has 0 aromatic rings. The van der Waals surface area contributed by atoms with Gasteiger partial charge in [-0.1, -0.05) is 0 Å². The average molecular weight is 1530 g/mol. The minimum Gasteiger partial charge on any atom is -0.394 e. The van der Waals surface area contributed by atoms with Crippen LogP contribution in [0.4, 0.5) is 0 Å². The molecular formula is C58H98N2O44. The number of carbonyl (C=O) groups is 2. The van der Waals surface area contributed by atoms with Crippen LogP contribution < -0.4 is 10.6 Å². The Morgan fingerprint density at radius 3 is 1.04 bits per heavy atom. The van der Waals surface area contributed by atoms with Gasteiger partial charge in [-0.25, -0.2) is 0 Å². The predicted octanol–water partition coefficient (Wildman–Crippen LogP) is -18.3. The van der Waals surface area contributed by atoms with Gasteiger partial charge in [0.05, 0.1) is 58.5 Å². The fourth-order valence-electron chi connectivity index (χ4n) is 13.6. The zero-order valence-corrected chi connectivity index (χ0v) is 55.9. The molecule has 0 bridgehead atoms. The van der Waals surface area contributed by atoms with Gasteiger partial charge in [0.2, 0.25) is 11.8 Å². The van der Waals surface area contributed by atoms with E-state index in [2.05, 4.69) is 10.6 Å². The summed E-state index contributed by atoms with van der Waals surface area (Å²) < 4.78 is 100. The summed E-state index contributed by atoms with van der Waals surface area (Å²) in [7, 11) is 0. The molecule has 9 aliphatic rings. The molecule has 2 amide bonds. The number of aliphatic hydroxyl groups excluding tert-OH is 25. The second-order valence-electron chi connectivity index (χ2n) is 26.7. The standard InChI is InChI=1S/C58H98N2O44/c1-12-25(69)30(74)36(80)53(89-12)103-48-24(60-15(4)68)50(87)91-22(11-88-52-40(84)34(78)43(13(2)90-52)98-54-37(81)31(75)26(70)16(5-61)92-54)47(48)101-51-23(59-14(3)67)29(73)44(19(8-64)95-51)99-58-42(86)49(46(21(10-66)97-58)102-56-39(83)33(77)28(72)18(7-63)94-56)104-57-41(85)35(79)45(20(9-65)96-57)100-55-38(82)32(76)27(71)17(6-62)93-55/h12-13,16-58,61-66,69-87H,5-11H2,1-4H3,(H,59,67)(H,60,68)/t12-,13-,16+,17+,18+,19+,20+,21+,22+,23+,24+,25+,26-,27-,28-,29+,30+,31-,32-,33-,34-,35+,36-,37+,38+,39+,40-,41-,42-,43+,44+,45+,46+,47+,48+,49+,50+,51-,52+,53-,54-,55+,56-,57+,58-/m0/s1. The van der Waals surface area contributed by atoms with Gasteiger partial charge in [0, 0.05) is 13.8 Å². The Labute approximate surface area is 589 Å². The Hall–Kier alpha value is -2.74. The molecular weight excluding hydrogens is 1430 g/mol. The normalized spacial score (nSPS) is 51.9. The summed E-state index contributed by atoms with van der Waals surface area (Å²) in [4.78, 5) is 26.3. The quantitative estimate of drug-likeness (QED) is 0.0404. The molecule has 0 aromatic carbocycles. The number of ether oxygens (including phenoxy) is 17. The molecule has 0 aliphatic carbocycles. The maximum absolute atomic E-state index is 13.3. The molecule has 0 saturated carbocycles. The molecule has 9 rings (SSSR count). The van der Waals surface area contributed by atoms with Gasteiger partial charge >= 0.3 is 0 Å². The van der Waals surface area contributed by atoms with Crippen LogP contribution in [0, 0.1) is 0 Å². The van der Waals surface area contributed by atoms with Crippen LogP contribution in [0.2, 0.25) is 0 Å². The van der Waals surface area contributed by atoms with Crippen LogP contribution in [0.3, 0.4) is 0 Å². The largest absolute Gasteiger partial charge is 0.394 e. The molecule has 9 saturated heterocycles. The zero-order chi connectivity index (χ0) is 76.5. The number of nitrogens with one attached hydrogen (secondary N) is 2. The fourth-order valence-corrected chi connectivity index (χ4v) is 13.6. The number of aliphatic hydroxyl groups is 25. The van der Waals surface area contributed by atoms with E-state index in [1.807, 2.05) is 0 Å². The highest BCUT2D eigenvalue weighted by atomic mass is 16.8. The second-order valence-corrected chi connectivity index (χ2v) is 26.7. The molecule has 9 aliphatic heterocycles. The van der Waals surface area contributed by atoms with Crippen molar-refractivity contribution in [3.05, 3.63) is 0 Å². The number of amides is 2. The van der Waals surface area contributed by atoms with E-state index < -0.39 is 334 Å². The highest BCUT2D eigenvalue weighted by Crippen LogP contribution is 2.40. The number of rotatable bonds is 25. The van der Waals surface area contributed by atoms with Crippen LogP contribution in [-0.4, -0.2) is 462 Å². The third kappa shape index (κ3) is 18.1. The number of hydrogen-bond acceptors (Lipinski definition) is 44. The highest BCUT2D eigenvalue weighted by Gasteiger charge is 2.61. The maximum Gasteiger partial charge on any atom is 0.217 e. The van der Waals surface area contributed by atoms with E-state index in [4.69, 9.17) is 80.5 Å². The Morgan fingerprint density at radius 1 is 0.269 bits per heavy atom. The van der Waals surface area contributed by atoms with Crippen LogP contribution in [0.25, 0.3) is 0 Å². The van der Waals surface area contributed by atoms with Crippen LogP contribution in [0.15, 0.2) is 0 Å². The summed E-state index contributed by atoms with van der Waals surface area (Å²) in [5, 5.41) is 278. The minimum absolute atomic E-state index is 0.858. The molecule has 27 N–H and O–H groups in total. The first-order valence-corrected chi connectivity index (χ1v) is 33.4. The lowest BCUT2D eigenvalue weighted by Crippen LogP contribution is -2.71. The lowest BCUT2D eigenvalue weighted by molar-refractivity contribution is -0.404. The number of carbonyl (C=O) groups excluding carboxylic acids is 2. The fraction of sp³-hybridized carbons (Fsp3) is 0.966. The Balaban J connectivity index is 1.01. The SMILES string of the molecule is CC(=O)N[C@@H]1[C@@H](O[C@@H]2O[C@@H](C)[C@@H](O)[C@@H](O)[C@@H]2O)[C@H](O[C@@H]2O[C@H](CO)[C@@H](O[C@@H]3O[C@H](CO)[C@@H](O[C@@H]4O[C@H](CO)[C@H](O)[C@H](O)[C@H]4O)[C@H](O[C@H]4O[C@H](CO)[C@@H](O[C@H]5O[C@H](CO)[C@H](O)[C@H](O)[C@H]5O)[C@H](O)[C@@H]4O)[C@@H]3O)[C@H](O)[C@H]2NC(C)=O)[C@@H](CO[C@@H]2O[C@@H](C)[C@@H](O[C@@H]3O[C@H](CO)[C@H](O)[C@H](O)[C@H]3O)[C@@H](O)[C@@H]2O)O[C@H]1O. The van der Waals surface area contributed by atoms with E-state index >= 15 is 0 Å². The topological polar surface area (TPSA) is 721 Å². The van der Waals surface area contributed by atoms with E-state index in [1.54, 1.807) is 0 Å². The molecule has 0 aromatic heterocycles. The van der Waals surface area contributed by atoms with E-state index in [0.717, 1.165) is 13.8 Å². The van der Waals surface area contributed by atoms with Crippen molar-refractivity contribution < 1.29 is 218 Å². The molecule has 46 nitrogen and oxygen atoms in total. The van der Waals surface area contributed by atoms with Crippen molar-refractivity contribution >= 4 is 11.8 Å². The molecule has 9 heterocycles. The van der Waals surface area contributed by atoms with Gasteiger partial charge in [-0.2, -0.15) is 0 Å². The lowest BCUT2D eigenvalue weighted by atomic mass is 9.93. The van der Waals surface area contributed by atoms with Crippen molar-refractivity contribution in [1.29, 1.82) is 0 Å². The zero-order valence-electron chi connectivity index (χ0n) is 55.9. The van der Waals surface area contributed by atoms with Gasteiger partial charge in [0.25, 0.3) is 0 Å². The first-order valence-electron chi connectivity index (χ1n) is 33.4. The second kappa shape index (κ2) is 36.6. The summed E-state index contributed by atoms with van der Waals surface area (Å²) >= 11 is 0. The average Bonchev–Trinajstić information content (AvgIpc) is 0.760. The maximum atomic E-state index is 13.3. The highest BCUT2D eigenvalue weighted by molar-refractivity contribution is 5.73. The molecule has 45 atom stereocenters. The van der Waals surface area contributed by atoms with E-state index in [0.29, 0.717) is 0 Å². The summed E-state index contributed by atoms with van der Waals surface area (Å²) in [5.41, 5.74) is 0. The van der Waals surface area contributed by atoms with Crippen molar-refractivity contribution in [2.75, 3.05) is 46.2 Å². The van der Waals surface area contributed by atoms with Crippen molar-refractivity contribution in [2.45, 2.75) is 304 Å². The first-order chi connectivity index (χ1) is 49.1. The van der Waals surface area contributed by atoms with Crippen molar-refractivity contribution in [1.82, 2.24) is 10.6 Å². The van der Waals surface area contributed by atoms with Crippen LogP contribution in [0.5, 0.6) is 0 Å². The minimum atomic E-state index is -2.48. The van der Waals surface area contributed by atoms with Crippen molar-refractivity contribution in [3.8, 4) is 0 Å². The lowest BCUT2D eigenvalue weighted by Gasteiger charge is -2.52. The first kappa shape index (κ1) is 85.3. The van der Waals surface area contributed by atoms with Crippen molar-refractivity contribution in [3.63, 3.8) is 0 Å². The molecule has 46 heteroatoms. The van der Waals surface area contributed by atoms with E-state index in [1.165, 1.54) is 13.8 Å². The Bertz CT molecular complexity index is 2670. The summed E-state index contributed by atoms with van der Waals surface area (Å²) in [6.07, 6.45) is -85.5. The molecule has 604 valence electrons. The molecule has 0 unspecified atom stereocenters. The van der Waals surface area contributed by atoms with E-state index in [9.17, 15) is 137 Å². The summed E-state index contributed by atoms with van der Waals surface area (Å²) in [6, 6.07) is -3.87. The predicted molar refractivity (Wildman–Crippen MR) is 317 cm³/mol. The Morgan fingerprint density at radius 2 is 0.577 bits per heavy atom. The third-order valence-electron chi connectivity index (χ3n) is 19.5. The van der Waals surface area contributed by atoms with Gasteiger partial charge in [-0.05, 0) is 13.8 Å². The van der Waals surface area contributed by atoms with Crippen LogP contribution in [0.1, 0.15) is 27.7 Å². The molecule has 0 spiro atoms. The van der Waals surface area contributed by atoms with Crippen LogP contribution >= 0.6 is 0 Å². The van der Waals surface area contributed by atoms with Gasteiger partial charge in [0.15, 0.2) is 56.6 Å².